The summed E-state index contributed by atoms with van der Waals surface area (Å²) in [5, 5.41) is 2.20. The highest BCUT2D eigenvalue weighted by molar-refractivity contribution is 6.32. The second-order valence-corrected chi connectivity index (χ2v) is 10.2. The van der Waals surface area contributed by atoms with Crippen LogP contribution in [0.5, 0.6) is 0 Å². The number of nitrogens with one attached hydrogen (secondary N) is 1. The third-order valence-electron chi connectivity index (χ3n) is 5.83. The number of rotatable bonds is 7. The Morgan fingerprint density at radius 2 is 1.31 bits per heavy atom. The van der Waals surface area contributed by atoms with Crippen LogP contribution in [0, 0.1) is 10.8 Å². The third kappa shape index (κ3) is 5.85. The molecule has 0 saturated carbocycles. The molecule has 0 aliphatic rings. The topological polar surface area (TPSA) is 72.5 Å². The molecule has 0 spiro atoms. The highest BCUT2D eigenvalue weighted by Crippen LogP contribution is 2.48. The van der Waals surface area contributed by atoms with E-state index < -0.39 is 39.2 Å². The minimum Gasteiger partial charge on any atom is -0.452 e. The van der Waals surface area contributed by atoms with Gasteiger partial charge in [-0.25, -0.2) is 4.79 Å². The first-order chi connectivity index (χ1) is 11.2. The largest absolute Gasteiger partial charge is 0.452 e. The van der Waals surface area contributed by atoms with Gasteiger partial charge in [0.25, 0.3) is 0 Å². The molecule has 0 bridgehead atoms. The van der Waals surface area contributed by atoms with Crippen LogP contribution in [0.2, 0.25) is 5.31 Å². The van der Waals surface area contributed by atoms with E-state index in [4.69, 9.17) is 12.6 Å². The molecule has 0 heterocycles. The van der Waals surface area contributed by atoms with E-state index in [1.807, 2.05) is 41.5 Å². The summed E-state index contributed by atoms with van der Waals surface area (Å²) in [6, 6.07) is 0. The Kier molecular flexibility index (Phi) is 6.98. The number of carbonyl (C=O) groups is 3. The van der Waals surface area contributed by atoms with Gasteiger partial charge in [-0.2, -0.15) is 0 Å². The van der Waals surface area contributed by atoms with Gasteiger partial charge < -0.3 is 10.1 Å². The van der Waals surface area contributed by atoms with Crippen LogP contribution < -0.4 is 5.32 Å². The van der Waals surface area contributed by atoms with E-state index in [-0.39, 0.29) is 5.78 Å². The molecule has 0 aliphatic carbocycles. The zero-order valence-corrected chi connectivity index (χ0v) is 18.4. The zero-order valence-electron chi connectivity index (χ0n) is 18.4. The molecule has 0 aliphatic heterocycles. The van der Waals surface area contributed by atoms with Gasteiger partial charge >= 0.3 is 11.9 Å². The van der Waals surface area contributed by atoms with Crippen molar-refractivity contribution in [2.24, 2.45) is 10.8 Å². The number of carbonyl (C=O) groups excluding carboxylic acids is 3. The highest BCUT2D eigenvalue weighted by atomic mass is 16.6. The number of amides is 1. The summed E-state index contributed by atoms with van der Waals surface area (Å²) in [6.45, 7) is 19.6. The van der Waals surface area contributed by atoms with Crippen molar-refractivity contribution in [1.29, 1.82) is 0 Å². The van der Waals surface area contributed by atoms with E-state index in [1.165, 1.54) is 6.92 Å². The van der Waals surface area contributed by atoms with Crippen molar-refractivity contribution < 1.29 is 19.1 Å². The van der Waals surface area contributed by atoms with Gasteiger partial charge in [-0.05, 0) is 41.0 Å². The molecule has 0 saturated heterocycles. The lowest BCUT2D eigenvalue weighted by Crippen LogP contribution is -2.56. The van der Waals surface area contributed by atoms with Gasteiger partial charge in [-0.1, -0.05) is 46.9 Å². The summed E-state index contributed by atoms with van der Waals surface area (Å²) in [6.07, 6.45) is 0.491. The number of esters is 1. The summed E-state index contributed by atoms with van der Waals surface area (Å²) in [5.74, 6) is -1.79. The molecule has 0 aromatic heterocycles. The smallest absolute Gasteiger partial charge is 0.397 e. The second kappa shape index (κ2) is 7.36. The lowest BCUT2D eigenvalue weighted by molar-refractivity contribution is -0.185. The molecule has 26 heavy (non-hydrogen) atoms. The summed E-state index contributed by atoms with van der Waals surface area (Å²) in [5.41, 5.74) is -3.13. The normalized spacial score (nSPS) is 14.0. The van der Waals surface area contributed by atoms with Gasteiger partial charge in [0.2, 0.25) is 0 Å². The van der Waals surface area contributed by atoms with Crippen molar-refractivity contribution in [1.82, 2.24) is 5.32 Å². The van der Waals surface area contributed by atoms with Crippen LogP contribution in [0.25, 0.3) is 0 Å². The molecule has 0 atom stereocenters. The van der Waals surface area contributed by atoms with E-state index >= 15 is 0 Å². The summed E-state index contributed by atoms with van der Waals surface area (Å²) >= 11 is 0. The molecule has 5 nitrogen and oxygen atoms in total. The second-order valence-electron chi connectivity index (χ2n) is 10.2. The molecule has 148 valence electrons. The van der Waals surface area contributed by atoms with Gasteiger partial charge in [0.15, 0.2) is 0 Å². The Balaban J connectivity index is 5.31. The average Bonchev–Trinajstić information content (AvgIpc) is 2.33. The summed E-state index contributed by atoms with van der Waals surface area (Å²) in [7, 11) is 6.01. The molecule has 0 unspecified atom stereocenters. The van der Waals surface area contributed by atoms with Gasteiger partial charge in [-0.3, -0.25) is 9.59 Å². The number of hydrogen-bond acceptors (Lipinski definition) is 4. The molecule has 6 heteroatoms. The Morgan fingerprint density at radius 3 is 1.65 bits per heavy atom. The predicted molar refractivity (Wildman–Crippen MR) is 105 cm³/mol. The Morgan fingerprint density at radius 1 is 0.885 bits per heavy atom. The van der Waals surface area contributed by atoms with Crippen LogP contribution in [0.4, 0.5) is 0 Å². The number of hydrogen-bond donors (Lipinski definition) is 1. The van der Waals surface area contributed by atoms with Crippen LogP contribution in [0.1, 0.15) is 82.6 Å². The van der Waals surface area contributed by atoms with Crippen LogP contribution in [0.15, 0.2) is 0 Å². The summed E-state index contributed by atoms with van der Waals surface area (Å²) < 4.78 is 5.54. The van der Waals surface area contributed by atoms with Gasteiger partial charge in [0.05, 0.1) is 7.85 Å². The first kappa shape index (κ1) is 24.7. The van der Waals surface area contributed by atoms with Crippen LogP contribution in [-0.2, 0) is 19.1 Å². The van der Waals surface area contributed by atoms with Gasteiger partial charge in [0.1, 0.15) is 11.4 Å². The molecular weight excluding hydrogens is 329 g/mol. The Bertz CT molecular complexity index is 569. The SMILES string of the molecule is [B]C(C)(C)CC(C)(C)NC(=O)C(=O)OC(C)(C)C(C)(C)C(C)(C)C(C)=O. The molecule has 2 radical (unpaired) electrons. The summed E-state index contributed by atoms with van der Waals surface area (Å²) in [4.78, 5) is 36.8. The van der Waals surface area contributed by atoms with E-state index in [1.54, 1.807) is 27.7 Å². The monoisotopic (exact) mass is 365 g/mol. The average molecular weight is 365 g/mol. The van der Waals surface area contributed by atoms with E-state index in [0.717, 1.165) is 0 Å². The molecule has 0 aromatic carbocycles. The van der Waals surface area contributed by atoms with Crippen molar-refractivity contribution >= 4 is 25.5 Å². The van der Waals surface area contributed by atoms with Crippen molar-refractivity contribution in [2.75, 3.05) is 0 Å². The van der Waals surface area contributed by atoms with Gasteiger partial charge in [0, 0.05) is 16.4 Å². The maximum Gasteiger partial charge on any atom is 0.397 e. The molecule has 0 fully saturated rings. The fourth-order valence-electron chi connectivity index (χ4n) is 3.14. The lowest BCUT2D eigenvalue weighted by atomic mass is 9.58. The van der Waals surface area contributed by atoms with Crippen molar-refractivity contribution in [3.8, 4) is 0 Å². The van der Waals surface area contributed by atoms with E-state index in [9.17, 15) is 14.4 Å². The molecule has 0 aromatic rings. The van der Waals surface area contributed by atoms with Crippen molar-refractivity contribution in [2.45, 2.75) is 99.0 Å². The third-order valence-corrected chi connectivity index (χ3v) is 5.83. The van der Waals surface area contributed by atoms with Crippen molar-refractivity contribution in [3.05, 3.63) is 0 Å². The number of ether oxygens (including phenoxy) is 1. The molecule has 0 rings (SSSR count). The minimum atomic E-state index is -1.03. The minimum absolute atomic E-state index is 0.0117. The van der Waals surface area contributed by atoms with E-state index in [0.29, 0.717) is 6.42 Å². The van der Waals surface area contributed by atoms with Crippen LogP contribution in [0.3, 0.4) is 0 Å². The lowest BCUT2D eigenvalue weighted by Gasteiger charge is -2.49. The fourth-order valence-corrected chi connectivity index (χ4v) is 3.14. The first-order valence-electron chi connectivity index (χ1n) is 9.02. The fraction of sp³-hybridized carbons (Fsp3) is 0.850. The molecular formula is C20H36BNO4. The number of ketones is 1. The quantitative estimate of drug-likeness (QED) is 0.425. The van der Waals surface area contributed by atoms with Crippen LogP contribution >= 0.6 is 0 Å². The maximum absolute atomic E-state index is 12.4. The molecule has 1 N–H and O–H groups in total. The Labute approximate surface area is 160 Å². The zero-order chi connectivity index (χ0) is 21.4. The molecule has 1 amide bonds. The van der Waals surface area contributed by atoms with Crippen molar-refractivity contribution in [3.63, 3.8) is 0 Å². The predicted octanol–water partition coefficient (Wildman–Crippen LogP) is 3.60. The Hall–Kier alpha value is -1.33. The van der Waals surface area contributed by atoms with E-state index in [2.05, 4.69) is 5.32 Å². The standard InChI is InChI=1S/C20H36BNO4/c1-13(23)18(6,7)19(8,9)20(10,11)26-15(25)14(24)22-17(4,5)12-16(2,3)21/h12H2,1-11H3,(H,22,24). The number of Topliss-reactive ketones (excluding diaryl/α,β-unsaturated/α-hetero) is 1. The highest BCUT2D eigenvalue weighted by Gasteiger charge is 2.53. The first-order valence-corrected chi connectivity index (χ1v) is 9.02. The van der Waals surface area contributed by atoms with Crippen LogP contribution in [-0.4, -0.2) is 36.6 Å². The van der Waals surface area contributed by atoms with Gasteiger partial charge in [-0.15, -0.1) is 0 Å². The maximum atomic E-state index is 12.4.